The van der Waals surface area contributed by atoms with Crippen LogP contribution in [0.2, 0.25) is 0 Å². The van der Waals surface area contributed by atoms with E-state index in [-0.39, 0.29) is 22.8 Å². The number of nitrogens with one attached hydrogen (secondary N) is 1. The van der Waals surface area contributed by atoms with Crippen LogP contribution < -0.4 is 21.7 Å². The molecule has 188 valence electrons. The number of amides is 3. The number of carbonyl (C=O) groups excluding carboxylic acids is 3. The zero-order valence-electron chi connectivity index (χ0n) is 20.3. The van der Waals surface area contributed by atoms with Gasteiger partial charge in [0, 0.05) is 24.6 Å². The van der Waals surface area contributed by atoms with Crippen molar-refractivity contribution in [2.24, 2.45) is 5.73 Å². The third kappa shape index (κ3) is 5.49. The summed E-state index contributed by atoms with van der Waals surface area (Å²) < 4.78 is 3.99. The van der Waals surface area contributed by atoms with Crippen molar-refractivity contribution in [1.29, 1.82) is 0 Å². The van der Waals surface area contributed by atoms with Crippen LogP contribution in [0.1, 0.15) is 48.5 Å². The number of aryl methyl sites for hydroxylation is 2. The first-order chi connectivity index (χ1) is 17.8. The fourth-order valence-electron chi connectivity index (χ4n) is 4.03. The van der Waals surface area contributed by atoms with Crippen molar-refractivity contribution in [2.75, 3.05) is 10.6 Å². The van der Waals surface area contributed by atoms with Gasteiger partial charge in [0.15, 0.2) is 5.69 Å². The van der Waals surface area contributed by atoms with E-state index in [4.69, 9.17) is 11.5 Å². The van der Waals surface area contributed by atoms with Gasteiger partial charge in [0.25, 0.3) is 11.8 Å². The second-order valence-electron chi connectivity index (χ2n) is 8.49. The SMILES string of the molecule is Cc1ccc(N(C(=O)c2snc(C(N)=O)c2N)[C@H](C(=O)NCc2ccccc2)c2ccncc2)c(C)c1. The summed E-state index contributed by atoms with van der Waals surface area (Å²) in [6, 6.07) is 17.3. The second kappa shape index (κ2) is 11.0. The van der Waals surface area contributed by atoms with E-state index in [0.717, 1.165) is 28.2 Å². The fourth-order valence-corrected chi connectivity index (χ4v) is 4.77. The highest BCUT2D eigenvalue weighted by Crippen LogP contribution is 2.35. The smallest absolute Gasteiger partial charge is 0.273 e. The molecule has 0 spiro atoms. The zero-order valence-corrected chi connectivity index (χ0v) is 21.2. The Kier molecular flexibility index (Phi) is 7.59. The van der Waals surface area contributed by atoms with Crippen molar-refractivity contribution >= 4 is 40.6 Å². The first-order valence-corrected chi connectivity index (χ1v) is 12.2. The Hall–Kier alpha value is -4.57. The van der Waals surface area contributed by atoms with Gasteiger partial charge in [0.2, 0.25) is 5.91 Å². The minimum Gasteiger partial charge on any atom is -0.395 e. The molecule has 37 heavy (non-hydrogen) atoms. The van der Waals surface area contributed by atoms with Crippen LogP contribution in [0.4, 0.5) is 11.4 Å². The molecule has 0 radical (unpaired) electrons. The van der Waals surface area contributed by atoms with Gasteiger partial charge >= 0.3 is 0 Å². The van der Waals surface area contributed by atoms with E-state index in [1.54, 1.807) is 30.6 Å². The lowest BCUT2D eigenvalue weighted by Crippen LogP contribution is -2.44. The first kappa shape index (κ1) is 25.5. The lowest BCUT2D eigenvalue weighted by molar-refractivity contribution is -0.122. The molecule has 10 heteroatoms. The molecule has 2 aromatic carbocycles. The molecule has 2 aromatic heterocycles. The van der Waals surface area contributed by atoms with Crippen molar-refractivity contribution in [3.8, 4) is 0 Å². The van der Waals surface area contributed by atoms with Crippen LogP contribution in [0.3, 0.4) is 0 Å². The van der Waals surface area contributed by atoms with Gasteiger partial charge in [0.05, 0.1) is 5.69 Å². The summed E-state index contributed by atoms with van der Waals surface area (Å²) in [7, 11) is 0. The minimum absolute atomic E-state index is 0.0173. The molecule has 0 aliphatic heterocycles. The molecule has 3 amide bonds. The van der Waals surface area contributed by atoms with Gasteiger partial charge in [-0.25, -0.2) is 0 Å². The summed E-state index contributed by atoms with van der Waals surface area (Å²) in [5, 5.41) is 2.95. The number of primary amides is 1. The van der Waals surface area contributed by atoms with Crippen molar-refractivity contribution < 1.29 is 14.4 Å². The Labute approximate surface area is 218 Å². The van der Waals surface area contributed by atoms with Gasteiger partial charge in [-0.1, -0.05) is 48.0 Å². The Morgan fingerprint density at radius 3 is 2.35 bits per heavy atom. The van der Waals surface area contributed by atoms with Crippen LogP contribution in [0.5, 0.6) is 0 Å². The third-order valence-corrected chi connectivity index (χ3v) is 6.68. The maximum atomic E-state index is 14.1. The zero-order chi connectivity index (χ0) is 26.5. The topological polar surface area (TPSA) is 144 Å². The summed E-state index contributed by atoms with van der Waals surface area (Å²) in [6.45, 7) is 4.07. The molecule has 5 N–H and O–H groups in total. The molecule has 4 aromatic rings. The molecule has 0 aliphatic carbocycles. The fraction of sp³-hybridized carbons (Fsp3) is 0.148. The van der Waals surface area contributed by atoms with Crippen molar-refractivity contribution in [2.45, 2.75) is 26.4 Å². The number of anilines is 2. The molecule has 0 saturated heterocycles. The van der Waals surface area contributed by atoms with Crippen molar-refractivity contribution in [3.63, 3.8) is 0 Å². The Bertz CT molecular complexity index is 1440. The molecule has 2 heterocycles. The number of aromatic nitrogens is 2. The number of nitrogens with zero attached hydrogens (tertiary/aromatic N) is 3. The maximum Gasteiger partial charge on any atom is 0.273 e. The van der Waals surface area contributed by atoms with Gasteiger partial charge in [-0.15, -0.1) is 0 Å². The van der Waals surface area contributed by atoms with E-state index in [1.165, 1.54) is 4.90 Å². The van der Waals surface area contributed by atoms with Gasteiger partial charge < -0.3 is 16.8 Å². The Morgan fingerprint density at radius 2 is 1.73 bits per heavy atom. The number of hydrogen-bond acceptors (Lipinski definition) is 7. The monoisotopic (exact) mass is 514 g/mol. The molecule has 4 rings (SSSR count). The van der Waals surface area contributed by atoms with E-state index >= 15 is 0 Å². The lowest BCUT2D eigenvalue weighted by atomic mass is 10.0. The summed E-state index contributed by atoms with van der Waals surface area (Å²) >= 11 is 0.768. The van der Waals surface area contributed by atoms with Gasteiger partial charge in [-0.05, 0) is 60.3 Å². The number of rotatable bonds is 8. The quantitative estimate of drug-likeness (QED) is 0.328. The van der Waals surface area contributed by atoms with Crippen LogP contribution in [0.25, 0.3) is 0 Å². The molecule has 9 nitrogen and oxygen atoms in total. The van der Waals surface area contributed by atoms with Crippen molar-refractivity contribution in [3.05, 3.63) is 106 Å². The van der Waals surface area contributed by atoms with Gasteiger partial charge in [-0.2, -0.15) is 4.37 Å². The van der Waals surface area contributed by atoms with Crippen molar-refractivity contribution in [1.82, 2.24) is 14.7 Å². The molecule has 1 atom stereocenters. The van der Waals surface area contributed by atoms with Crippen LogP contribution in [-0.2, 0) is 11.3 Å². The predicted molar refractivity (Wildman–Crippen MR) is 143 cm³/mol. The van der Waals surface area contributed by atoms with E-state index in [1.807, 2.05) is 56.3 Å². The number of nitrogen functional groups attached to an aromatic ring is 1. The Morgan fingerprint density at radius 1 is 1.03 bits per heavy atom. The highest BCUT2D eigenvalue weighted by Gasteiger charge is 2.36. The third-order valence-electron chi connectivity index (χ3n) is 5.82. The van der Waals surface area contributed by atoms with Crippen LogP contribution in [0.15, 0.2) is 73.1 Å². The normalized spacial score (nSPS) is 11.5. The summed E-state index contributed by atoms with van der Waals surface area (Å²) in [5.41, 5.74) is 15.0. The summed E-state index contributed by atoms with van der Waals surface area (Å²) in [4.78, 5) is 45.1. The summed E-state index contributed by atoms with van der Waals surface area (Å²) in [6.07, 6.45) is 3.12. The molecular weight excluding hydrogens is 488 g/mol. The predicted octanol–water partition coefficient (Wildman–Crippen LogP) is 3.54. The highest BCUT2D eigenvalue weighted by molar-refractivity contribution is 7.09. The summed E-state index contributed by atoms with van der Waals surface area (Å²) in [5.74, 6) is -1.81. The van der Waals surface area contributed by atoms with E-state index in [9.17, 15) is 14.4 Å². The molecule has 0 fully saturated rings. The van der Waals surface area contributed by atoms with Gasteiger partial charge in [0.1, 0.15) is 10.9 Å². The number of hydrogen-bond donors (Lipinski definition) is 3. The lowest BCUT2D eigenvalue weighted by Gasteiger charge is -2.32. The van der Waals surface area contributed by atoms with E-state index in [2.05, 4.69) is 14.7 Å². The van der Waals surface area contributed by atoms with Crippen LogP contribution >= 0.6 is 11.5 Å². The molecule has 0 unspecified atom stereocenters. The average molecular weight is 515 g/mol. The molecular formula is C27H26N6O3S. The molecule has 0 bridgehead atoms. The highest BCUT2D eigenvalue weighted by atomic mass is 32.1. The first-order valence-electron chi connectivity index (χ1n) is 11.4. The molecule has 0 saturated carbocycles. The number of pyridine rings is 1. The van der Waals surface area contributed by atoms with Gasteiger partial charge in [-0.3, -0.25) is 24.3 Å². The second-order valence-corrected chi connectivity index (χ2v) is 9.26. The number of nitrogens with two attached hydrogens (primary N) is 2. The average Bonchev–Trinajstić information content (AvgIpc) is 3.28. The maximum absolute atomic E-state index is 14.1. The minimum atomic E-state index is -1.07. The number of carbonyl (C=O) groups is 3. The van der Waals surface area contributed by atoms with Crippen LogP contribution in [-0.4, -0.2) is 27.1 Å². The number of benzene rings is 2. The van der Waals surface area contributed by atoms with E-state index < -0.39 is 23.8 Å². The Balaban J connectivity index is 1.84. The van der Waals surface area contributed by atoms with Crippen LogP contribution in [0, 0.1) is 13.8 Å². The standard InChI is InChI=1S/C27H26N6O3S/c1-16-8-9-20(17(2)14-16)33(27(36)24-21(28)22(25(29)34)32-37-24)23(19-10-12-30-13-11-19)26(35)31-15-18-6-4-3-5-7-18/h3-14,23H,15,28H2,1-2H3,(H2,29,34)(H,31,35)/t23-/m0/s1. The van der Waals surface area contributed by atoms with E-state index in [0.29, 0.717) is 11.3 Å². The molecule has 0 aliphatic rings. The largest absolute Gasteiger partial charge is 0.395 e.